The van der Waals surface area contributed by atoms with Gasteiger partial charge in [-0.3, -0.25) is 0 Å². The van der Waals surface area contributed by atoms with Gasteiger partial charge in [-0.1, -0.05) is 6.58 Å². The van der Waals surface area contributed by atoms with Crippen molar-refractivity contribution in [2.24, 2.45) is 0 Å². The molecule has 0 amide bonds. The molecule has 0 aromatic rings. The second-order valence-corrected chi connectivity index (χ2v) is 3.32. The van der Waals surface area contributed by atoms with E-state index < -0.39 is 5.97 Å². The van der Waals surface area contributed by atoms with Crippen LogP contribution in [0.25, 0.3) is 0 Å². The maximum Gasteiger partial charge on any atom is 0.331 e. The smallest absolute Gasteiger partial charge is 0.331 e. The van der Waals surface area contributed by atoms with Crippen molar-refractivity contribution in [3.05, 3.63) is 23.9 Å². The van der Waals surface area contributed by atoms with Gasteiger partial charge in [0.05, 0.1) is 6.10 Å². The normalized spacial score (nSPS) is 21.2. The summed E-state index contributed by atoms with van der Waals surface area (Å²) in [7, 11) is 0. The minimum absolute atomic E-state index is 0.255. The Balaban J connectivity index is 2.27. The third-order valence-corrected chi connectivity index (χ3v) is 2.08. The molecule has 1 atom stereocenters. The zero-order valence-corrected chi connectivity index (χ0v) is 8.25. The number of nitrogens with one attached hydrogen (secondary N) is 1. The van der Waals surface area contributed by atoms with E-state index in [9.17, 15) is 4.79 Å². The van der Waals surface area contributed by atoms with Crippen LogP contribution in [0.15, 0.2) is 23.9 Å². The van der Waals surface area contributed by atoms with E-state index in [1.54, 1.807) is 0 Å². The molecule has 1 unspecified atom stereocenters. The molecule has 1 saturated heterocycles. The van der Waals surface area contributed by atoms with Crippen LogP contribution < -0.4 is 5.32 Å². The average molecular weight is 197 g/mol. The standard InChI is InChI=1S/C10H15NO3/c1-7(10(12)13)5-8(2)11-6-9-3-4-14-9/h5,9,11H,2-4,6H2,1H3,(H,12,13)/b7-5+. The van der Waals surface area contributed by atoms with E-state index in [4.69, 9.17) is 9.84 Å². The van der Waals surface area contributed by atoms with E-state index in [0.29, 0.717) is 12.2 Å². The molecule has 14 heavy (non-hydrogen) atoms. The summed E-state index contributed by atoms with van der Waals surface area (Å²) in [4.78, 5) is 10.5. The number of carboxylic acids is 1. The van der Waals surface area contributed by atoms with Gasteiger partial charge in [0, 0.05) is 24.4 Å². The Morgan fingerprint density at radius 1 is 1.79 bits per heavy atom. The molecular weight excluding hydrogens is 182 g/mol. The molecule has 0 aliphatic carbocycles. The van der Waals surface area contributed by atoms with E-state index in [1.807, 2.05) is 0 Å². The quantitative estimate of drug-likeness (QED) is 0.508. The van der Waals surface area contributed by atoms with Crippen molar-refractivity contribution < 1.29 is 14.6 Å². The van der Waals surface area contributed by atoms with E-state index in [2.05, 4.69) is 11.9 Å². The lowest BCUT2D eigenvalue weighted by molar-refractivity contribution is -0.132. The lowest BCUT2D eigenvalue weighted by Crippen LogP contribution is -2.36. The number of ether oxygens (including phenoxy) is 1. The number of carboxylic acid groups (broad SMARTS) is 1. The highest BCUT2D eigenvalue weighted by Gasteiger charge is 2.17. The summed E-state index contributed by atoms with van der Waals surface area (Å²) in [6.45, 7) is 6.76. The predicted molar refractivity (Wildman–Crippen MR) is 52.9 cm³/mol. The average Bonchev–Trinajstić information content (AvgIpc) is 2.00. The summed E-state index contributed by atoms with van der Waals surface area (Å²) < 4.78 is 5.19. The van der Waals surface area contributed by atoms with Gasteiger partial charge in [0.1, 0.15) is 0 Å². The third kappa shape index (κ3) is 3.22. The van der Waals surface area contributed by atoms with Crippen LogP contribution >= 0.6 is 0 Å². The fourth-order valence-electron chi connectivity index (χ4n) is 1.06. The van der Waals surface area contributed by atoms with Crippen molar-refractivity contribution in [3.8, 4) is 0 Å². The molecule has 2 N–H and O–H groups in total. The summed E-state index contributed by atoms with van der Waals surface area (Å²) in [5.74, 6) is -0.923. The molecule has 4 heteroatoms. The Morgan fingerprint density at radius 2 is 2.43 bits per heavy atom. The molecule has 78 valence electrons. The fraction of sp³-hybridized carbons (Fsp3) is 0.500. The van der Waals surface area contributed by atoms with Gasteiger partial charge < -0.3 is 15.2 Å². The van der Waals surface area contributed by atoms with Crippen molar-refractivity contribution >= 4 is 5.97 Å². The Bertz CT molecular complexity index is 267. The van der Waals surface area contributed by atoms with E-state index in [-0.39, 0.29) is 11.7 Å². The molecule has 0 aromatic heterocycles. The lowest BCUT2D eigenvalue weighted by atomic mass is 10.2. The van der Waals surface area contributed by atoms with Crippen LogP contribution in [0.2, 0.25) is 0 Å². The molecule has 0 bridgehead atoms. The Hall–Kier alpha value is -1.29. The Morgan fingerprint density at radius 3 is 2.86 bits per heavy atom. The van der Waals surface area contributed by atoms with Crippen LogP contribution in [-0.2, 0) is 9.53 Å². The lowest BCUT2D eigenvalue weighted by Gasteiger charge is -2.26. The van der Waals surface area contributed by atoms with Gasteiger partial charge in [-0.2, -0.15) is 0 Å². The number of hydrogen-bond donors (Lipinski definition) is 2. The van der Waals surface area contributed by atoms with Crippen LogP contribution in [0.4, 0.5) is 0 Å². The second kappa shape index (κ2) is 4.81. The Labute approximate surface area is 83.3 Å². The molecule has 1 aliphatic heterocycles. The fourth-order valence-corrected chi connectivity index (χ4v) is 1.06. The van der Waals surface area contributed by atoms with Crippen LogP contribution in [0.5, 0.6) is 0 Å². The Kier molecular flexibility index (Phi) is 3.71. The molecular formula is C10H15NO3. The number of hydrogen-bond acceptors (Lipinski definition) is 3. The van der Waals surface area contributed by atoms with Gasteiger partial charge in [-0.05, 0) is 19.4 Å². The summed E-state index contributed by atoms with van der Waals surface area (Å²) >= 11 is 0. The largest absolute Gasteiger partial charge is 0.478 e. The third-order valence-electron chi connectivity index (χ3n) is 2.08. The highest BCUT2D eigenvalue weighted by Crippen LogP contribution is 2.09. The summed E-state index contributed by atoms with van der Waals surface area (Å²) in [6.07, 6.45) is 2.83. The van der Waals surface area contributed by atoms with E-state index in [1.165, 1.54) is 13.0 Å². The SMILES string of the molecule is C=C(/C=C(\C)C(=O)O)NCC1CCO1. The minimum Gasteiger partial charge on any atom is -0.478 e. The molecule has 0 saturated carbocycles. The zero-order valence-electron chi connectivity index (χ0n) is 8.25. The van der Waals surface area contributed by atoms with Gasteiger partial charge >= 0.3 is 5.97 Å². The van der Waals surface area contributed by atoms with Crippen LogP contribution in [-0.4, -0.2) is 30.3 Å². The van der Waals surface area contributed by atoms with Crippen LogP contribution in [0.3, 0.4) is 0 Å². The number of aliphatic carboxylic acids is 1. The molecule has 1 fully saturated rings. The molecule has 4 nitrogen and oxygen atoms in total. The zero-order chi connectivity index (χ0) is 10.6. The first-order valence-corrected chi connectivity index (χ1v) is 4.55. The van der Waals surface area contributed by atoms with Crippen molar-refractivity contribution in [2.75, 3.05) is 13.2 Å². The van der Waals surface area contributed by atoms with Gasteiger partial charge in [0.2, 0.25) is 0 Å². The van der Waals surface area contributed by atoms with E-state index in [0.717, 1.165) is 13.0 Å². The van der Waals surface area contributed by atoms with E-state index >= 15 is 0 Å². The molecule has 0 aromatic carbocycles. The van der Waals surface area contributed by atoms with Gasteiger partial charge in [0.15, 0.2) is 0 Å². The number of carbonyl (C=O) groups is 1. The van der Waals surface area contributed by atoms with Gasteiger partial charge in [-0.15, -0.1) is 0 Å². The first kappa shape index (κ1) is 10.8. The predicted octanol–water partition coefficient (Wildman–Crippen LogP) is 0.909. The van der Waals surface area contributed by atoms with Crippen molar-refractivity contribution in [2.45, 2.75) is 19.4 Å². The molecule has 1 heterocycles. The van der Waals surface area contributed by atoms with Crippen molar-refractivity contribution in [1.82, 2.24) is 5.32 Å². The number of rotatable bonds is 5. The molecule has 0 radical (unpaired) electrons. The topological polar surface area (TPSA) is 58.6 Å². The van der Waals surface area contributed by atoms with Crippen molar-refractivity contribution in [1.29, 1.82) is 0 Å². The summed E-state index contributed by atoms with van der Waals surface area (Å²) in [5.41, 5.74) is 0.887. The first-order chi connectivity index (χ1) is 6.59. The molecule has 0 spiro atoms. The highest BCUT2D eigenvalue weighted by atomic mass is 16.5. The monoisotopic (exact) mass is 197 g/mol. The molecule has 1 aliphatic rings. The summed E-state index contributed by atoms with van der Waals surface area (Å²) in [5, 5.41) is 11.6. The summed E-state index contributed by atoms with van der Waals surface area (Å²) in [6, 6.07) is 0. The highest BCUT2D eigenvalue weighted by molar-refractivity contribution is 5.86. The van der Waals surface area contributed by atoms with Gasteiger partial charge in [0.25, 0.3) is 0 Å². The van der Waals surface area contributed by atoms with Crippen LogP contribution in [0, 0.1) is 0 Å². The minimum atomic E-state index is -0.923. The molecule has 1 rings (SSSR count). The second-order valence-electron chi connectivity index (χ2n) is 3.32. The number of allylic oxidation sites excluding steroid dienone is 1. The maximum atomic E-state index is 10.5. The van der Waals surface area contributed by atoms with Crippen LogP contribution in [0.1, 0.15) is 13.3 Å². The first-order valence-electron chi connectivity index (χ1n) is 4.55. The maximum absolute atomic E-state index is 10.5. The van der Waals surface area contributed by atoms with Gasteiger partial charge in [-0.25, -0.2) is 4.79 Å². The van der Waals surface area contributed by atoms with Crippen molar-refractivity contribution in [3.63, 3.8) is 0 Å².